The zero-order valence-electron chi connectivity index (χ0n) is 7.40. The van der Waals surface area contributed by atoms with Crippen LogP contribution in [0.25, 0.3) is 0 Å². The molecule has 0 bridgehead atoms. The number of piperidine rings is 1. The Balaban J connectivity index is 2.04. The van der Waals surface area contributed by atoms with Gasteiger partial charge in [0.1, 0.15) is 0 Å². The second-order valence-corrected chi connectivity index (χ2v) is 3.54. The predicted molar refractivity (Wildman–Crippen MR) is 48.0 cm³/mol. The highest BCUT2D eigenvalue weighted by atomic mass is 15.1. The molecule has 0 spiro atoms. The van der Waals surface area contributed by atoms with Crippen LogP contribution in [0.3, 0.4) is 0 Å². The van der Waals surface area contributed by atoms with Crippen molar-refractivity contribution in [3.63, 3.8) is 0 Å². The largest absolute Gasteiger partial charge is 0.334 e. The van der Waals surface area contributed by atoms with Crippen LogP contribution in [0.5, 0.6) is 0 Å². The number of imidazole rings is 1. The van der Waals surface area contributed by atoms with E-state index in [4.69, 9.17) is 0 Å². The standard InChI is InChI=1S/C9H15N3/c1-8-6-9(2-3-11-8)12-5-4-10-7-12/h4-5,7-9,11H,2-3,6H2,1H3. The van der Waals surface area contributed by atoms with E-state index in [0.717, 1.165) is 6.54 Å². The first-order valence-corrected chi connectivity index (χ1v) is 4.57. The molecule has 1 aliphatic rings. The van der Waals surface area contributed by atoms with Crippen LogP contribution in [0, 0.1) is 0 Å². The van der Waals surface area contributed by atoms with E-state index in [1.165, 1.54) is 12.8 Å². The van der Waals surface area contributed by atoms with Crippen LogP contribution >= 0.6 is 0 Å². The molecule has 2 heterocycles. The van der Waals surface area contributed by atoms with Gasteiger partial charge in [0, 0.05) is 24.5 Å². The van der Waals surface area contributed by atoms with E-state index in [9.17, 15) is 0 Å². The summed E-state index contributed by atoms with van der Waals surface area (Å²) in [5.74, 6) is 0. The Kier molecular flexibility index (Phi) is 2.13. The third kappa shape index (κ3) is 1.50. The summed E-state index contributed by atoms with van der Waals surface area (Å²) in [6.45, 7) is 3.37. The zero-order valence-corrected chi connectivity index (χ0v) is 7.40. The Hall–Kier alpha value is -0.830. The van der Waals surface area contributed by atoms with Crippen LogP contribution in [0.1, 0.15) is 25.8 Å². The molecule has 0 aliphatic carbocycles. The fourth-order valence-electron chi connectivity index (χ4n) is 1.86. The van der Waals surface area contributed by atoms with Gasteiger partial charge >= 0.3 is 0 Å². The summed E-state index contributed by atoms with van der Waals surface area (Å²) in [6, 6.07) is 1.30. The molecule has 3 nitrogen and oxygen atoms in total. The Bertz CT molecular complexity index is 230. The molecular formula is C9H15N3. The second-order valence-electron chi connectivity index (χ2n) is 3.54. The van der Waals surface area contributed by atoms with E-state index in [1.54, 1.807) is 0 Å². The summed E-state index contributed by atoms with van der Waals surface area (Å²) in [4.78, 5) is 4.06. The van der Waals surface area contributed by atoms with E-state index >= 15 is 0 Å². The van der Waals surface area contributed by atoms with E-state index < -0.39 is 0 Å². The Morgan fingerprint density at radius 3 is 3.17 bits per heavy atom. The molecule has 0 radical (unpaired) electrons. The number of rotatable bonds is 1. The third-order valence-electron chi connectivity index (χ3n) is 2.54. The van der Waals surface area contributed by atoms with Crippen molar-refractivity contribution in [3.8, 4) is 0 Å². The molecule has 1 aromatic rings. The highest BCUT2D eigenvalue weighted by molar-refractivity contribution is 4.85. The molecule has 2 atom stereocenters. The first-order chi connectivity index (χ1) is 5.86. The van der Waals surface area contributed by atoms with Crippen molar-refractivity contribution in [2.24, 2.45) is 0 Å². The fourth-order valence-corrected chi connectivity index (χ4v) is 1.86. The average Bonchev–Trinajstić information content (AvgIpc) is 2.56. The summed E-state index contributed by atoms with van der Waals surface area (Å²) in [7, 11) is 0. The van der Waals surface area contributed by atoms with Gasteiger partial charge in [-0.1, -0.05) is 0 Å². The van der Waals surface area contributed by atoms with Gasteiger partial charge in [-0.05, 0) is 26.3 Å². The molecule has 2 rings (SSSR count). The smallest absolute Gasteiger partial charge is 0.0948 e. The van der Waals surface area contributed by atoms with Crippen molar-refractivity contribution < 1.29 is 0 Å². The lowest BCUT2D eigenvalue weighted by Gasteiger charge is -2.28. The number of hydrogen-bond acceptors (Lipinski definition) is 2. The molecule has 12 heavy (non-hydrogen) atoms. The molecule has 0 aromatic carbocycles. The molecule has 1 aromatic heterocycles. The first-order valence-electron chi connectivity index (χ1n) is 4.57. The van der Waals surface area contributed by atoms with E-state index in [0.29, 0.717) is 12.1 Å². The van der Waals surface area contributed by atoms with Crippen LogP contribution in [-0.2, 0) is 0 Å². The van der Waals surface area contributed by atoms with Gasteiger partial charge in [0.2, 0.25) is 0 Å². The van der Waals surface area contributed by atoms with Gasteiger partial charge in [-0.25, -0.2) is 4.98 Å². The quantitative estimate of drug-likeness (QED) is 0.677. The Morgan fingerprint density at radius 1 is 1.58 bits per heavy atom. The molecule has 66 valence electrons. The third-order valence-corrected chi connectivity index (χ3v) is 2.54. The highest BCUT2D eigenvalue weighted by Gasteiger charge is 2.18. The maximum atomic E-state index is 4.06. The minimum atomic E-state index is 0.645. The van der Waals surface area contributed by atoms with Crippen LogP contribution < -0.4 is 5.32 Å². The summed E-state index contributed by atoms with van der Waals surface area (Å²) >= 11 is 0. The lowest BCUT2D eigenvalue weighted by atomic mass is 10.0. The number of nitrogens with zero attached hydrogens (tertiary/aromatic N) is 2. The van der Waals surface area contributed by atoms with Gasteiger partial charge in [0.05, 0.1) is 6.33 Å². The summed E-state index contributed by atoms with van der Waals surface area (Å²) in [5, 5.41) is 3.44. The van der Waals surface area contributed by atoms with Gasteiger partial charge in [-0.2, -0.15) is 0 Å². The summed E-state index contributed by atoms with van der Waals surface area (Å²) in [6.07, 6.45) is 8.27. The van der Waals surface area contributed by atoms with Crippen molar-refractivity contribution in [2.45, 2.75) is 31.8 Å². The second kappa shape index (κ2) is 3.27. The maximum absolute atomic E-state index is 4.06. The van der Waals surface area contributed by atoms with Crippen molar-refractivity contribution >= 4 is 0 Å². The monoisotopic (exact) mass is 165 g/mol. The van der Waals surface area contributed by atoms with Gasteiger partial charge in [-0.15, -0.1) is 0 Å². The van der Waals surface area contributed by atoms with Crippen molar-refractivity contribution in [2.75, 3.05) is 6.54 Å². The Labute approximate surface area is 72.8 Å². The summed E-state index contributed by atoms with van der Waals surface area (Å²) in [5.41, 5.74) is 0. The summed E-state index contributed by atoms with van der Waals surface area (Å²) < 4.78 is 2.22. The molecular weight excluding hydrogens is 150 g/mol. The number of nitrogens with one attached hydrogen (secondary N) is 1. The fraction of sp³-hybridized carbons (Fsp3) is 0.667. The van der Waals surface area contributed by atoms with Crippen molar-refractivity contribution in [3.05, 3.63) is 18.7 Å². The lowest BCUT2D eigenvalue weighted by molar-refractivity contribution is 0.313. The Morgan fingerprint density at radius 2 is 2.50 bits per heavy atom. The average molecular weight is 165 g/mol. The van der Waals surface area contributed by atoms with E-state index in [1.807, 2.05) is 12.5 Å². The molecule has 1 N–H and O–H groups in total. The lowest BCUT2D eigenvalue weighted by Crippen LogP contribution is -2.36. The van der Waals surface area contributed by atoms with Gasteiger partial charge in [0.25, 0.3) is 0 Å². The molecule has 2 unspecified atom stereocenters. The molecule has 0 saturated carbocycles. The number of hydrogen-bond donors (Lipinski definition) is 1. The van der Waals surface area contributed by atoms with Crippen LogP contribution in [0.2, 0.25) is 0 Å². The van der Waals surface area contributed by atoms with Gasteiger partial charge < -0.3 is 9.88 Å². The minimum absolute atomic E-state index is 0.645. The van der Waals surface area contributed by atoms with Crippen molar-refractivity contribution in [1.82, 2.24) is 14.9 Å². The molecule has 1 aliphatic heterocycles. The molecule has 1 fully saturated rings. The normalized spacial score (nSPS) is 30.4. The predicted octanol–water partition coefficient (Wildman–Crippen LogP) is 1.20. The first kappa shape index (κ1) is 7.80. The minimum Gasteiger partial charge on any atom is -0.334 e. The van der Waals surface area contributed by atoms with Crippen LogP contribution in [0.4, 0.5) is 0 Å². The molecule has 3 heteroatoms. The van der Waals surface area contributed by atoms with E-state index in [2.05, 4.69) is 28.0 Å². The zero-order chi connectivity index (χ0) is 8.39. The van der Waals surface area contributed by atoms with Crippen LogP contribution in [-0.4, -0.2) is 22.1 Å². The van der Waals surface area contributed by atoms with Crippen LogP contribution in [0.15, 0.2) is 18.7 Å². The maximum Gasteiger partial charge on any atom is 0.0948 e. The molecule has 1 saturated heterocycles. The topological polar surface area (TPSA) is 29.9 Å². The van der Waals surface area contributed by atoms with Gasteiger partial charge in [-0.3, -0.25) is 0 Å². The number of aromatic nitrogens is 2. The molecule has 0 amide bonds. The van der Waals surface area contributed by atoms with Gasteiger partial charge in [0.15, 0.2) is 0 Å². The SMILES string of the molecule is CC1CC(n2ccnc2)CCN1. The van der Waals surface area contributed by atoms with E-state index in [-0.39, 0.29) is 0 Å². The highest BCUT2D eigenvalue weighted by Crippen LogP contribution is 2.20. The van der Waals surface area contributed by atoms with Crippen molar-refractivity contribution in [1.29, 1.82) is 0 Å².